The molecule has 0 spiro atoms. The molecule has 2 nitrogen and oxygen atoms in total. The van der Waals surface area contributed by atoms with Crippen LogP contribution < -0.4 is 5.32 Å². The fourth-order valence-electron chi connectivity index (χ4n) is 2.54. The highest BCUT2D eigenvalue weighted by Gasteiger charge is 2.21. The molecule has 0 radical (unpaired) electrons. The van der Waals surface area contributed by atoms with Crippen molar-refractivity contribution in [2.75, 3.05) is 13.2 Å². The average Bonchev–Trinajstić information content (AvgIpc) is 3.36. The van der Waals surface area contributed by atoms with Crippen LogP contribution in [-0.2, 0) is 11.3 Å². The number of hydrogen-bond acceptors (Lipinski definition) is 2. The van der Waals surface area contributed by atoms with Gasteiger partial charge < -0.3 is 10.1 Å². The maximum Gasteiger partial charge on any atom is 0.0716 e. The zero-order valence-corrected chi connectivity index (χ0v) is 12.6. The van der Waals surface area contributed by atoms with Crippen LogP contribution in [0.1, 0.15) is 56.1 Å². The Labute approximate surface area is 122 Å². The van der Waals surface area contributed by atoms with Gasteiger partial charge in [-0.15, -0.1) is 0 Å². The van der Waals surface area contributed by atoms with Crippen molar-refractivity contribution in [1.82, 2.24) is 5.32 Å². The Morgan fingerprint density at radius 1 is 1.15 bits per heavy atom. The van der Waals surface area contributed by atoms with Crippen molar-refractivity contribution in [1.29, 1.82) is 0 Å². The standard InChI is InChI=1S/C18H27NO/c1-14(12-19-18-8-9-18)17-6-4-16(5-7-17)13-20-11-10-15-2-3-15/h4-7,14-15,18-19H,2-3,8-13H2,1H3. The highest BCUT2D eigenvalue weighted by Crippen LogP contribution is 2.32. The second kappa shape index (κ2) is 6.73. The number of hydrogen-bond donors (Lipinski definition) is 1. The topological polar surface area (TPSA) is 21.3 Å². The number of benzene rings is 1. The zero-order valence-electron chi connectivity index (χ0n) is 12.6. The van der Waals surface area contributed by atoms with Gasteiger partial charge in [-0.05, 0) is 42.2 Å². The molecule has 0 bridgehead atoms. The third kappa shape index (κ3) is 4.60. The molecule has 0 saturated heterocycles. The zero-order chi connectivity index (χ0) is 13.8. The SMILES string of the molecule is CC(CNC1CC1)c1ccc(COCCC2CC2)cc1. The predicted molar refractivity (Wildman–Crippen MR) is 82.9 cm³/mol. The van der Waals surface area contributed by atoms with Gasteiger partial charge in [-0.3, -0.25) is 0 Å². The molecule has 0 aliphatic heterocycles. The first-order valence-corrected chi connectivity index (χ1v) is 8.21. The molecule has 3 rings (SSSR count). The Bertz CT molecular complexity index is 406. The summed E-state index contributed by atoms with van der Waals surface area (Å²) in [4.78, 5) is 0. The van der Waals surface area contributed by atoms with Crippen molar-refractivity contribution in [3.05, 3.63) is 35.4 Å². The van der Waals surface area contributed by atoms with Gasteiger partial charge in [-0.25, -0.2) is 0 Å². The molecule has 20 heavy (non-hydrogen) atoms. The Morgan fingerprint density at radius 2 is 1.90 bits per heavy atom. The van der Waals surface area contributed by atoms with E-state index in [9.17, 15) is 0 Å². The minimum atomic E-state index is 0.598. The lowest BCUT2D eigenvalue weighted by Crippen LogP contribution is -2.21. The molecule has 2 heteroatoms. The summed E-state index contributed by atoms with van der Waals surface area (Å²) >= 11 is 0. The summed E-state index contributed by atoms with van der Waals surface area (Å²) in [6.45, 7) is 5.09. The van der Waals surface area contributed by atoms with Gasteiger partial charge in [0, 0.05) is 19.2 Å². The van der Waals surface area contributed by atoms with E-state index in [2.05, 4.69) is 36.5 Å². The molecule has 1 unspecified atom stereocenters. The van der Waals surface area contributed by atoms with Crippen LogP contribution in [0.3, 0.4) is 0 Å². The van der Waals surface area contributed by atoms with Crippen LogP contribution in [0.4, 0.5) is 0 Å². The Morgan fingerprint density at radius 3 is 2.55 bits per heavy atom. The van der Waals surface area contributed by atoms with E-state index >= 15 is 0 Å². The molecule has 0 aromatic heterocycles. The van der Waals surface area contributed by atoms with Crippen molar-refractivity contribution in [2.24, 2.45) is 5.92 Å². The monoisotopic (exact) mass is 273 g/mol. The fraction of sp³-hybridized carbons (Fsp3) is 0.667. The summed E-state index contributed by atoms with van der Waals surface area (Å²) in [7, 11) is 0. The second-order valence-electron chi connectivity index (χ2n) is 6.61. The van der Waals surface area contributed by atoms with Crippen LogP contribution in [0.25, 0.3) is 0 Å². The molecule has 0 heterocycles. The molecule has 110 valence electrons. The van der Waals surface area contributed by atoms with Crippen LogP contribution in [0.2, 0.25) is 0 Å². The van der Waals surface area contributed by atoms with Gasteiger partial charge in [0.05, 0.1) is 6.61 Å². The van der Waals surface area contributed by atoms with Gasteiger partial charge in [-0.2, -0.15) is 0 Å². The Kier molecular flexibility index (Phi) is 4.74. The van der Waals surface area contributed by atoms with Gasteiger partial charge in [0.15, 0.2) is 0 Å². The number of rotatable bonds is 9. The largest absolute Gasteiger partial charge is 0.377 e. The van der Waals surface area contributed by atoms with Crippen molar-refractivity contribution < 1.29 is 4.74 Å². The van der Waals surface area contributed by atoms with E-state index < -0.39 is 0 Å². The average molecular weight is 273 g/mol. The molecule has 0 amide bonds. The Hall–Kier alpha value is -0.860. The summed E-state index contributed by atoms with van der Waals surface area (Å²) in [5.74, 6) is 1.57. The second-order valence-corrected chi connectivity index (χ2v) is 6.61. The minimum Gasteiger partial charge on any atom is -0.377 e. The summed E-state index contributed by atoms with van der Waals surface area (Å²) in [5.41, 5.74) is 2.73. The predicted octanol–water partition coefficient (Wildman–Crippen LogP) is 3.86. The molecule has 2 aliphatic carbocycles. The van der Waals surface area contributed by atoms with Crippen LogP contribution >= 0.6 is 0 Å². The number of ether oxygens (including phenoxy) is 1. The first kappa shape index (κ1) is 14.1. The molecule has 1 N–H and O–H groups in total. The Balaban J connectivity index is 1.38. The van der Waals surface area contributed by atoms with Gasteiger partial charge >= 0.3 is 0 Å². The molecule has 2 fully saturated rings. The fourth-order valence-corrected chi connectivity index (χ4v) is 2.54. The van der Waals surface area contributed by atoms with Crippen LogP contribution in [0.15, 0.2) is 24.3 Å². The van der Waals surface area contributed by atoms with Gasteiger partial charge in [-0.1, -0.05) is 44.0 Å². The molecule has 1 aromatic carbocycles. The van der Waals surface area contributed by atoms with Crippen molar-refractivity contribution in [3.8, 4) is 0 Å². The highest BCUT2D eigenvalue weighted by atomic mass is 16.5. The summed E-state index contributed by atoms with van der Waals surface area (Å²) in [5, 5.41) is 3.60. The first-order chi connectivity index (χ1) is 9.81. The molecular formula is C18H27NO. The van der Waals surface area contributed by atoms with Crippen molar-refractivity contribution in [3.63, 3.8) is 0 Å². The maximum absolute atomic E-state index is 5.75. The smallest absolute Gasteiger partial charge is 0.0716 e. The van der Waals surface area contributed by atoms with Crippen LogP contribution in [0.5, 0.6) is 0 Å². The van der Waals surface area contributed by atoms with E-state index in [-0.39, 0.29) is 0 Å². The van der Waals surface area contributed by atoms with Crippen molar-refractivity contribution in [2.45, 2.75) is 57.6 Å². The van der Waals surface area contributed by atoms with E-state index in [0.29, 0.717) is 5.92 Å². The normalized spacial score (nSPS) is 20.1. The first-order valence-electron chi connectivity index (χ1n) is 8.21. The van der Waals surface area contributed by atoms with E-state index in [1.807, 2.05) is 0 Å². The van der Waals surface area contributed by atoms with Gasteiger partial charge in [0.1, 0.15) is 0 Å². The van der Waals surface area contributed by atoms with Gasteiger partial charge in [0.2, 0.25) is 0 Å². The maximum atomic E-state index is 5.75. The summed E-state index contributed by atoms with van der Waals surface area (Å²) in [6.07, 6.45) is 6.82. The molecule has 2 aliphatic rings. The third-order valence-electron chi connectivity index (χ3n) is 4.47. The van der Waals surface area contributed by atoms with E-state index in [0.717, 1.165) is 31.7 Å². The lowest BCUT2D eigenvalue weighted by Gasteiger charge is -2.13. The summed E-state index contributed by atoms with van der Waals surface area (Å²) < 4.78 is 5.75. The third-order valence-corrected chi connectivity index (χ3v) is 4.47. The van der Waals surface area contributed by atoms with Gasteiger partial charge in [0.25, 0.3) is 0 Å². The number of nitrogens with one attached hydrogen (secondary N) is 1. The van der Waals surface area contributed by atoms with E-state index in [1.54, 1.807) is 0 Å². The molecule has 1 aromatic rings. The van der Waals surface area contributed by atoms with Crippen LogP contribution in [0, 0.1) is 5.92 Å². The summed E-state index contributed by atoms with van der Waals surface area (Å²) in [6, 6.07) is 9.77. The van der Waals surface area contributed by atoms with E-state index in [4.69, 9.17) is 4.74 Å². The molecule has 2 saturated carbocycles. The quantitative estimate of drug-likeness (QED) is 0.690. The van der Waals surface area contributed by atoms with Crippen molar-refractivity contribution >= 4 is 0 Å². The molecular weight excluding hydrogens is 246 g/mol. The van der Waals surface area contributed by atoms with Crippen LogP contribution in [-0.4, -0.2) is 19.2 Å². The highest BCUT2D eigenvalue weighted by molar-refractivity contribution is 5.25. The van der Waals surface area contributed by atoms with E-state index in [1.165, 1.54) is 43.2 Å². The minimum absolute atomic E-state index is 0.598. The molecule has 1 atom stereocenters. The lowest BCUT2D eigenvalue weighted by atomic mass is 10.00. The lowest BCUT2D eigenvalue weighted by molar-refractivity contribution is 0.115.